The minimum atomic E-state index is -1.49. The maximum absolute atomic E-state index is 15.7. The maximum Gasteiger partial charge on any atom is 0.259 e. The smallest absolute Gasteiger partial charge is 0.259 e. The summed E-state index contributed by atoms with van der Waals surface area (Å²) in [6.45, 7) is -0.376. The Morgan fingerprint density at radius 1 is 0.689 bits per heavy atom. The van der Waals surface area contributed by atoms with Crippen molar-refractivity contribution in [1.29, 1.82) is 0 Å². The van der Waals surface area contributed by atoms with E-state index < -0.39 is 27.8 Å². The fourth-order valence-corrected chi connectivity index (χ4v) is 7.59. The minimum Gasteiger partial charge on any atom is -0.337 e. The number of hydrogen-bond acceptors (Lipinski definition) is 4. The molecule has 5 aromatic carbocycles. The van der Waals surface area contributed by atoms with Crippen LogP contribution in [0.4, 0.5) is 5.69 Å². The number of para-hydroxylation sites is 1. The van der Waals surface area contributed by atoms with E-state index in [1.54, 1.807) is 0 Å². The Bertz CT molecular complexity index is 1770. The Morgan fingerprint density at radius 3 is 1.67 bits per heavy atom. The van der Waals surface area contributed by atoms with Crippen molar-refractivity contribution in [3.63, 3.8) is 0 Å². The highest BCUT2D eigenvalue weighted by atomic mass is 16.6. The summed E-state index contributed by atoms with van der Waals surface area (Å²) >= 11 is 0. The van der Waals surface area contributed by atoms with E-state index in [-0.39, 0.29) is 24.8 Å². The van der Waals surface area contributed by atoms with Gasteiger partial charge < -0.3 is 5.32 Å². The van der Waals surface area contributed by atoms with Gasteiger partial charge in [0.15, 0.2) is 5.54 Å². The molecule has 2 aliphatic heterocycles. The van der Waals surface area contributed by atoms with Crippen LogP contribution in [0.15, 0.2) is 146 Å². The van der Waals surface area contributed by atoms with Gasteiger partial charge in [0.05, 0.1) is 11.6 Å². The van der Waals surface area contributed by atoms with Gasteiger partial charge in [-0.15, -0.1) is 0 Å². The van der Waals surface area contributed by atoms with Crippen molar-refractivity contribution in [2.24, 2.45) is 5.92 Å². The summed E-state index contributed by atoms with van der Waals surface area (Å²) in [5, 5.41) is 14.7. The number of carbonyl (C=O) groups is 2. The van der Waals surface area contributed by atoms with E-state index in [2.05, 4.69) is 5.32 Å². The van der Waals surface area contributed by atoms with Gasteiger partial charge in [-0.3, -0.25) is 24.6 Å². The Kier molecular flexibility index (Phi) is 7.01. The summed E-state index contributed by atoms with van der Waals surface area (Å²) in [6, 6.07) is 46.9. The van der Waals surface area contributed by atoms with Gasteiger partial charge in [-0.2, -0.15) is 0 Å². The van der Waals surface area contributed by atoms with Gasteiger partial charge in [0.1, 0.15) is 5.54 Å². The summed E-state index contributed by atoms with van der Waals surface area (Å²) in [4.78, 5) is 42.7. The number of amides is 2. The zero-order valence-electron chi connectivity index (χ0n) is 24.5. The molecule has 5 aromatic rings. The molecular formula is C38H31N3O4. The molecule has 1 saturated heterocycles. The lowest BCUT2D eigenvalue weighted by molar-refractivity contribution is -0.481. The van der Waals surface area contributed by atoms with E-state index in [0.29, 0.717) is 11.3 Å². The first kappa shape index (κ1) is 28.2. The number of carbonyl (C=O) groups excluding carboxylic acids is 2. The molecule has 2 aliphatic rings. The second kappa shape index (κ2) is 11.2. The number of anilines is 1. The van der Waals surface area contributed by atoms with E-state index in [4.69, 9.17) is 0 Å². The third kappa shape index (κ3) is 4.26. The van der Waals surface area contributed by atoms with Gasteiger partial charge in [-0.05, 0) is 28.3 Å². The van der Waals surface area contributed by atoms with Crippen LogP contribution >= 0.6 is 0 Å². The maximum atomic E-state index is 15.7. The summed E-state index contributed by atoms with van der Waals surface area (Å²) in [5.41, 5.74) is 2.17. The van der Waals surface area contributed by atoms with E-state index in [1.807, 2.05) is 150 Å². The number of nitro groups is 1. The lowest BCUT2D eigenvalue weighted by atomic mass is 9.71. The molecule has 1 spiro atoms. The molecule has 0 radical (unpaired) electrons. The lowest BCUT2D eigenvalue weighted by Gasteiger charge is -2.45. The third-order valence-corrected chi connectivity index (χ3v) is 9.33. The SMILES string of the molecule is O=C1N[C@@]2(C(=O)N(C(c3ccccc3)(c3ccccc3)c3ccccc3)c3ccccc32)[C@@H](c2ccccc2)[C@H]1CC[N+](=O)[O-]. The number of hydrogen-bond donors (Lipinski definition) is 1. The molecule has 45 heavy (non-hydrogen) atoms. The predicted molar refractivity (Wildman–Crippen MR) is 172 cm³/mol. The number of nitrogens with one attached hydrogen (secondary N) is 1. The Morgan fingerprint density at radius 2 is 1.16 bits per heavy atom. The molecule has 7 rings (SSSR count). The number of nitrogens with zero attached hydrogens (tertiary/aromatic N) is 2. The molecule has 7 nitrogen and oxygen atoms in total. The summed E-state index contributed by atoms with van der Waals surface area (Å²) in [5.74, 6) is -2.11. The molecule has 2 amide bonds. The molecule has 222 valence electrons. The molecule has 0 bridgehead atoms. The third-order valence-electron chi connectivity index (χ3n) is 9.33. The monoisotopic (exact) mass is 593 g/mol. The highest BCUT2D eigenvalue weighted by Crippen LogP contribution is 2.59. The van der Waals surface area contributed by atoms with Crippen molar-refractivity contribution >= 4 is 17.5 Å². The Labute approximate surface area is 261 Å². The van der Waals surface area contributed by atoms with Crippen molar-refractivity contribution in [2.75, 3.05) is 11.4 Å². The average Bonchev–Trinajstić information content (AvgIpc) is 3.52. The van der Waals surface area contributed by atoms with Gasteiger partial charge in [0, 0.05) is 22.8 Å². The Hall–Kier alpha value is -5.56. The summed E-state index contributed by atoms with van der Waals surface area (Å²) < 4.78 is 0. The number of fused-ring (bicyclic) bond motifs is 2. The second-order valence-electron chi connectivity index (χ2n) is 11.6. The van der Waals surface area contributed by atoms with Crippen LogP contribution in [-0.4, -0.2) is 23.3 Å². The predicted octanol–water partition coefficient (Wildman–Crippen LogP) is 6.42. The van der Waals surface area contributed by atoms with Crippen molar-refractivity contribution in [3.8, 4) is 0 Å². The molecule has 1 N–H and O–H groups in total. The minimum absolute atomic E-state index is 0.0107. The van der Waals surface area contributed by atoms with Crippen LogP contribution in [0.5, 0.6) is 0 Å². The molecule has 3 atom stereocenters. The molecule has 0 unspecified atom stereocenters. The van der Waals surface area contributed by atoms with E-state index >= 15 is 4.79 Å². The lowest BCUT2D eigenvalue weighted by Crippen LogP contribution is -2.57. The van der Waals surface area contributed by atoms with Gasteiger partial charge in [-0.25, -0.2) is 0 Å². The van der Waals surface area contributed by atoms with E-state index in [1.165, 1.54) is 0 Å². The standard InChI is InChI=1S/C38H31N3O4/c42-35-31(25-26-40(44)45)34(27-15-5-1-6-16-27)37(39-35)32-23-13-14-24-33(32)41(36(37)43)38(28-17-7-2-8-18-28,29-19-9-3-10-20-29)30-21-11-4-12-22-30/h1-24,31,34H,25-26H2,(H,39,42)/t31-,34+,37-/m1/s1. The van der Waals surface area contributed by atoms with Crippen LogP contribution in [0, 0.1) is 16.0 Å². The molecular weight excluding hydrogens is 562 g/mol. The quantitative estimate of drug-likeness (QED) is 0.128. The van der Waals surface area contributed by atoms with Crippen LogP contribution in [0.3, 0.4) is 0 Å². The van der Waals surface area contributed by atoms with Gasteiger partial charge in [0.2, 0.25) is 12.5 Å². The summed E-state index contributed by atoms with van der Waals surface area (Å²) in [6.07, 6.45) is 0.0107. The summed E-state index contributed by atoms with van der Waals surface area (Å²) in [7, 11) is 0. The first-order valence-electron chi connectivity index (χ1n) is 15.1. The highest BCUT2D eigenvalue weighted by Gasteiger charge is 2.67. The molecule has 1 fully saturated rings. The van der Waals surface area contributed by atoms with Crippen molar-refractivity contribution < 1.29 is 14.5 Å². The van der Waals surface area contributed by atoms with Crippen LogP contribution in [0.2, 0.25) is 0 Å². The first-order valence-corrected chi connectivity index (χ1v) is 15.1. The topological polar surface area (TPSA) is 92.6 Å². The zero-order valence-corrected chi connectivity index (χ0v) is 24.5. The zero-order chi connectivity index (χ0) is 31.0. The van der Waals surface area contributed by atoms with Gasteiger partial charge in [-0.1, -0.05) is 140 Å². The molecule has 2 heterocycles. The molecule has 0 saturated carbocycles. The Balaban J connectivity index is 1.55. The van der Waals surface area contributed by atoms with E-state index in [0.717, 1.165) is 22.3 Å². The number of benzene rings is 5. The van der Waals surface area contributed by atoms with E-state index in [9.17, 15) is 14.9 Å². The van der Waals surface area contributed by atoms with Crippen LogP contribution in [-0.2, 0) is 20.7 Å². The fraction of sp³-hybridized carbons (Fsp3) is 0.158. The molecule has 0 aromatic heterocycles. The van der Waals surface area contributed by atoms with Crippen molar-refractivity contribution in [1.82, 2.24) is 5.32 Å². The first-order chi connectivity index (χ1) is 22.0. The fourth-order valence-electron chi connectivity index (χ4n) is 7.59. The van der Waals surface area contributed by atoms with Crippen LogP contribution in [0.1, 0.15) is 40.2 Å². The van der Waals surface area contributed by atoms with Crippen molar-refractivity contribution in [3.05, 3.63) is 184 Å². The van der Waals surface area contributed by atoms with Crippen LogP contribution in [0.25, 0.3) is 0 Å². The average molecular weight is 594 g/mol. The van der Waals surface area contributed by atoms with Crippen molar-refractivity contribution in [2.45, 2.75) is 23.4 Å². The molecule has 0 aliphatic carbocycles. The highest BCUT2D eigenvalue weighted by molar-refractivity contribution is 6.14. The molecule has 7 heteroatoms. The second-order valence-corrected chi connectivity index (χ2v) is 11.6. The van der Waals surface area contributed by atoms with Gasteiger partial charge >= 0.3 is 0 Å². The number of rotatable bonds is 8. The van der Waals surface area contributed by atoms with Crippen LogP contribution < -0.4 is 10.2 Å². The largest absolute Gasteiger partial charge is 0.337 e. The van der Waals surface area contributed by atoms with Gasteiger partial charge in [0.25, 0.3) is 5.91 Å². The normalized spacial score (nSPS) is 20.7.